The Balaban J connectivity index is 1.51. The number of H-pyrrole nitrogens is 1. The minimum Gasteiger partial charge on any atom is -0.364 e. The zero-order chi connectivity index (χ0) is 22.1. The number of aryl methyl sites for hydroxylation is 2. The van der Waals surface area contributed by atoms with E-state index in [4.69, 9.17) is 17.3 Å². The molecule has 3 aromatic heterocycles. The minimum atomic E-state index is -0.553. The summed E-state index contributed by atoms with van der Waals surface area (Å²) in [6.07, 6.45) is 1.64. The summed E-state index contributed by atoms with van der Waals surface area (Å²) in [5.74, 6) is -0.937. The number of rotatable bonds is 6. The number of primary amides is 1. The van der Waals surface area contributed by atoms with E-state index < -0.39 is 5.91 Å². The number of carbonyl (C=O) groups is 2. The number of halogens is 1. The molecule has 4 rings (SSSR count). The third kappa shape index (κ3) is 4.37. The second-order valence-electron chi connectivity index (χ2n) is 7.05. The van der Waals surface area contributed by atoms with Gasteiger partial charge in [-0.15, -0.1) is 11.3 Å². The van der Waals surface area contributed by atoms with Crippen molar-refractivity contribution in [3.05, 3.63) is 75.1 Å². The van der Waals surface area contributed by atoms with Gasteiger partial charge in [0.2, 0.25) is 0 Å². The van der Waals surface area contributed by atoms with Crippen LogP contribution in [0, 0.1) is 13.8 Å². The van der Waals surface area contributed by atoms with Gasteiger partial charge < -0.3 is 10.7 Å². The van der Waals surface area contributed by atoms with Gasteiger partial charge in [0.1, 0.15) is 10.8 Å². The monoisotopic (exact) mass is 454 g/mol. The van der Waals surface area contributed by atoms with Crippen LogP contribution in [-0.2, 0) is 6.54 Å². The van der Waals surface area contributed by atoms with Gasteiger partial charge >= 0.3 is 0 Å². The molecule has 0 saturated heterocycles. The number of nitrogens with two attached hydrogens (primary N) is 1. The predicted molar refractivity (Wildman–Crippen MR) is 121 cm³/mol. The van der Waals surface area contributed by atoms with Gasteiger partial charge in [0.15, 0.2) is 5.13 Å². The lowest BCUT2D eigenvalue weighted by Gasteiger charge is -2.05. The van der Waals surface area contributed by atoms with Crippen LogP contribution in [0.5, 0.6) is 0 Å². The molecular weight excluding hydrogens is 436 g/mol. The highest BCUT2D eigenvalue weighted by Crippen LogP contribution is 2.27. The number of nitrogens with one attached hydrogen (secondary N) is 2. The number of hydrogen-bond acceptors (Lipinski definition) is 5. The zero-order valence-electron chi connectivity index (χ0n) is 16.8. The molecule has 8 nitrogen and oxygen atoms in total. The lowest BCUT2D eigenvalue weighted by atomic mass is 10.1. The molecule has 0 radical (unpaired) electrons. The van der Waals surface area contributed by atoms with Crippen molar-refractivity contribution in [2.75, 3.05) is 5.32 Å². The van der Waals surface area contributed by atoms with Crippen LogP contribution in [0.4, 0.5) is 5.13 Å². The molecule has 0 atom stereocenters. The number of anilines is 1. The van der Waals surface area contributed by atoms with E-state index in [1.165, 1.54) is 16.9 Å². The molecule has 10 heteroatoms. The molecule has 1 aromatic carbocycles. The first-order valence-corrected chi connectivity index (χ1v) is 10.6. The Labute approximate surface area is 187 Å². The average Bonchev–Trinajstić information content (AvgIpc) is 3.43. The molecule has 0 aliphatic carbocycles. The normalized spacial score (nSPS) is 10.9. The second-order valence-corrected chi connectivity index (χ2v) is 8.27. The van der Waals surface area contributed by atoms with Crippen LogP contribution < -0.4 is 11.1 Å². The number of aromatic amines is 1. The molecular formula is C21H19ClN6O2S. The van der Waals surface area contributed by atoms with Gasteiger partial charge in [-0.25, -0.2) is 9.67 Å². The Morgan fingerprint density at radius 3 is 2.68 bits per heavy atom. The molecule has 4 N–H and O–H groups in total. The van der Waals surface area contributed by atoms with Crippen molar-refractivity contribution in [3.63, 3.8) is 0 Å². The van der Waals surface area contributed by atoms with Crippen LogP contribution in [0.2, 0.25) is 5.15 Å². The molecule has 0 bridgehead atoms. The van der Waals surface area contributed by atoms with Crippen molar-refractivity contribution in [1.82, 2.24) is 19.7 Å². The summed E-state index contributed by atoms with van der Waals surface area (Å²) >= 11 is 7.74. The van der Waals surface area contributed by atoms with Crippen molar-refractivity contribution < 1.29 is 9.59 Å². The Bertz CT molecular complexity index is 1270. The van der Waals surface area contributed by atoms with E-state index in [2.05, 4.69) is 20.4 Å². The first-order valence-electron chi connectivity index (χ1n) is 9.35. The van der Waals surface area contributed by atoms with Crippen LogP contribution in [0.25, 0.3) is 11.3 Å². The molecule has 0 unspecified atom stereocenters. The fourth-order valence-corrected chi connectivity index (χ4v) is 4.13. The Kier molecular flexibility index (Phi) is 5.62. The van der Waals surface area contributed by atoms with Gasteiger partial charge in [-0.2, -0.15) is 5.10 Å². The molecule has 4 aromatic rings. The van der Waals surface area contributed by atoms with E-state index in [9.17, 15) is 9.59 Å². The lowest BCUT2D eigenvalue weighted by Crippen LogP contribution is -2.13. The van der Waals surface area contributed by atoms with E-state index in [-0.39, 0.29) is 16.8 Å². The number of amides is 2. The maximum Gasteiger partial charge on any atom is 0.265 e. The molecule has 0 aliphatic rings. The number of carbonyl (C=O) groups excluding carboxylic acids is 2. The SMILES string of the molecule is Cc1ccc(Cn2nc(C)c(C(=O)Nc3nc(-c4c[nH]c(C(N)=O)c4)cs3)c2Cl)cc1. The van der Waals surface area contributed by atoms with E-state index >= 15 is 0 Å². The molecule has 2 amide bonds. The van der Waals surface area contributed by atoms with E-state index in [0.717, 1.165) is 5.56 Å². The average molecular weight is 455 g/mol. The summed E-state index contributed by atoms with van der Waals surface area (Å²) in [5.41, 5.74) is 9.90. The van der Waals surface area contributed by atoms with Gasteiger partial charge in [-0.05, 0) is 25.5 Å². The van der Waals surface area contributed by atoms with Crippen LogP contribution in [-0.4, -0.2) is 31.6 Å². The molecule has 0 spiro atoms. The fraction of sp³-hybridized carbons (Fsp3) is 0.143. The maximum absolute atomic E-state index is 12.9. The van der Waals surface area contributed by atoms with Gasteiger partial charge in [0.05, 0.1) is 23.5 Å². The van der Waals surface area contributed by atoms with Crippen molar-refractivity contribution in [2.24, 2.45) is 5.73 Å². The Hall–Kier alpha value is -3.43. The van der Waals surface area contributed by atoms with Gasteiger partial charge in [0.25, 0.3) is 11.8 Å². The summed E-state index contributed by atoms with van der Waals surface area (Å²) in [7, 11) is 0. The molecule has 31 heavy (non-hydrogen) atoms. The van der Waals surface area contributed by atoms with Crippen molar-refractivity contribution in [1.29, 1.82) is 0 Å². The first-order chi connectivity index (χ1) is 14.8. The van der Waals surface area contributed by atoms with E-state index in [1.54, 1.807) is 29.2 Å². The van der Waals surface area contributed by atoms with Crippen molar-refractivity contribution in [2.45, 2.75) is 20.4 Å². The van der Waals surface area contributed by atoms with E-state index in [1.807, 2.05) is 31.2 Å². The molecule has 158 valence electrons. The first kappa shape index (κ1) is 20.8. The molecule has 0 fully saturated rings. The number of nitrogens with zero attached hydrogens (tertiary/aromatic N) is 3. The molecule has 0 aliphatic heterocycles. The van der Waals surface area contributed by atoms with Crippen LogP contribution in [0.3, 0.4) is 0 Å². The summed E-state index contributed by atoms with van der Waals surface area (Å²) < 4.78 is 1.61. The van der Waals surface area contributed by atoms with Crippen molar-refractivity contribution in [3.8, 4) is 11.3 Å². The second kappa shape index (κ2) is 8.37. The highest BCUT2D eigenvalue weighted by atomic mass is 35.5. The summed E-state index contributed by atoms with van der Waals surface area (Å²) in [6, 6.07) is 9.65. The predicted octanol–water partition coefficient (Wildman–Crippen LogP) is 4.00. The number of thiazole rings is 1. The van der Waals surface area contributed by atoms with Crippen LogP contribution >= 0.6 is 22.9 Å². The van der Waals surface area contributed by atoms with Crippen LogP contribution in [0.15, 0.2) is 41.9 Å². The summed E-state index contributed by atoms with van der Waals surface area (Å²) in [6.45, 7) is 4.23. The number of hydrogen-bond donors (Lipinski definition) is 3. The lowest BCUT2D eigenvalue weighted by molar-refractivity contribution is 0.0993. The molecule has 0 saturated carbocycles. The largest absolute Gasteiger partial charge is 0.364 e. The maximum atomic E-state index is 12.9. The van der Waals surface area contributed by atoms with E-state index in [0.29, 0.717) is 34.2 Å². The number of benzene rings is 1. The fourth-order valence-electron chi connectivity index (χ4n) is 3.09. The van der Waals surface area contributed by atoms with Crippen LogP contribution in [0.1, 0.15) is 37.7 Å². The quantitative estimate of drug-likeness (QED) is 0.408. The highest BCUT2D eigenvalue weighted by molar-refractivity contribution is 7.14. The van der Waals surface area contributed by atoms with Crippen molar-refractivity contribution >= 4 is 39.9 Å². The topological polar surface area (TPSA) is 119 Å². The van der Waals surface area contributed by atoms with Gasteiger partial charge in [-0.1, -0.05) is 41.4 Å². The highest BCUT2D eigenvalue weighted by Gasteiger charge is 2.21. The standard InChI is InChI=1S/C21H19ClN6O2S/c1-11-3-5-13(6-4-11)9-28-18(22)17(12(2)27-28)20(30)26-21-25-16(10-31-21)14-7-15(19(23)29)24-8-14/h3-8,10,24H,9H2,1-2H3,(H2,23,29)(H,25,26,30). The van der Waals surface area contributed by atoms with Gasteiger partial charge in [-0.3, -0.25) is 14.9 Å². The molecule has 3 heterocycles. The third-order valence-electron chi connectivity index (χ3n) is 4.71. The minimum absolute atomic E-state index is 0.268. The summed E-state index contributed by atoms with van der Waals surface area (Å²) in [4.78, 5) is 31.3. The smallest absolute Gasteiger partial charge is 0.265 e. The Morgan fingerprint density at radius 1 is 1.26 bits per heavy atom. The third-order valence-corrected chi connectivity index (χ3v) is 5.86. The van der Waals surface area contributed by atoms with Gasteiger partial charge in [0, 0.05) is 17.1 Å². The summed E-state index contributed by atoms with van der Waals surface area (Å²) in [5, 5.41) is 9.65. The zero-order valence-corrected chi connectivity index (χ0v) is 18.3. The Morgan fingerprint density at radius 2 is 2.00 bits per heavy atom. The number of aromatic nitrogens is 4.